The predicted octanol–water partition coefficient (Wildman–Crippen LogP) is 1.57. The third kappa shape index (κ3) is 6.08. The van der Waals surface area contributed by atoms with Gasteiger partial charge in [-0.3, -0.25) is 15.0 Å². The van der Waals surface area contributed by atoms with Crippen molar-refractivity contribution < 1.29 is 9.59 Å². The van der Waals surface area contributed by atoms with E-state index in [0.29, 0.717) is 0 Å². The number of carbonyl (C=O) groups is 2. The van der Waals surface area contributed by atoms with Gasteiger partial charge < -0.3 is 5.32 Å². The van der Waals surface area contributed by atoms with E-state index in [-0.39, 0.29) is 23.3 Å². The molecule has 0 heterocycles. The molecule has 1 rings (SSSR count). The van der Waals surface area contributed by atoms with Crippen LogP contribution in [0.4, 0.5) is 5.69 Å². The molecule has 0 aliphatic heterocycles. The molecule has 0 radical (unpaired) electrons. The number of carbonyl (C=O) groups excluding carboxylic acids is 2. The zero-order chi connectivity index (χ0) is 15.1. The van der Waals surface area contributed by atoms with E-state index in [1.54, 1.807) is 19.1 Å². The number of thioether (sulfide) groups is 1. The molecule has 0 aromatic heterocycles. The molecule has 0 saturated carbocycles. The number of anilines is 1. The van der Waals surface area contributed by atoms with Crippen LogP contribution >= 0.6 is 11.8 Å². The molecule has 1 aromatic rings. The Kier molecular flexibility index (Phi) is 6.54. The van der Waals surface area contributed by atoms with E-state index in [1.807, 2.05) is 32.0 Å². The maximum Gasteiger partial charge on any atom is 0.244 e. The van der Waals surface area contributed by atoms with Crippen molar-refractivity contribution >= 4 is 29.3 Å². The minimum atomic E-state index is -0.112. The summed E-state index contributed by atoms with van der Waals surface area (Å²) in [7, 11) is 3.49. The molecule has 6 heteroatoms. The molecular weight excluding hydrogens is 274 g/mol. The highest BCUT2D eigenvalue weighted by Gasteiger charge is 2.07. The maximum atomic E-state index is 11.8. The highest BCUT2D eigenvalue weighted by molar-refractivity contribution is 8.00. The summed E-state index contributed by atoms with van der Waals surface area (Å²) in [5.41, 5.74) is 5.64. The topological polar surface area (TPSA) is 61.4 Å². The van der Waals surface area contributed by atoms with Gasteiger partial charge in [-0.15, -0.1) is 11.8 Å². The second-order valence-corrected chi connectivity index (χ2v) is 5.77. The van der Waals surface area contributed by atoms with Crippen LogP contribution in [0.15, 0.2) is 18.2 Å². The number of hydrogen-bond donors (Lipinski definition) is 2. The highest BCUT2D eigenvalue weighted by Crippen LogP contribution is 2.16. The van der Waals surface area contributed by atoms with Gasteiger partial charge in [0.05, 0.1) is 11.5 Å². The molecule has 0 fully saturated rings. The van der Waals surface area contributed by atoms with Crippen LogP contribution < -0.4 is 10.7 Å². The summed E-state index contributed by atoms with van der Waals surface area (Å²) in [4.78, 5) is 23.2. The lowest BCUT2D eigenvalue weighted by Gasteiger charge is -2.11. The normalized spacial score (nSPS) is 10.4. The summed E-state index contributed by atoms with van der Waals surface area (Å²) in [6, 6.07) is 5.87. The van der Waals surface area contributed by atoms with Gasteiger partial charge in [0.15, 0.2) is 0 Å². The Hall–Kier alpha value is -1.53. The van der Waals surface area contributed by atoms with Crippen molar-refractivity contribution in [2.45, 2.75) is 13.8 Å². The minimum Gasteiger partial charge on any atom is -0.325 e. The van der Waals surface area contributed by atoms with Crippen LogP contribution in [0.5, 0.6) is 0 Å². The van der Waals surface area contributed by atoms with Gasteiger partial charge in [-0.2, -0.15) is 0 Å². The van der Waals surface area contributed by atoms with E-state index in [2.05, 4.69) is 10.7 Å². The monoisotopic (exact) mass is 295 g/mol. The van der Waals surface area contributed by atoms with Crippen LogP contribution in [0, 0.1) is 13.8 Å². The molecule has 20 heavy (non-hydrogen) atoms. The van der Waals surface area contributed by atoms with Crippen LogP contribution in [0.3, 0.4) is 0 Å². The fourth-order valence-corrected chi connectivity index (χ4v) is 2.27. The Morgan fingerprint density at radius 3 is 2.40 bits per heavy atom. The first-order valence-corrected chi connectivity index (χ1v) is 7.45. The van der Waals surface area contributed by atoms with E-state index in [0.717, 1.165) is 16.8 Å². The van der Waals surface area contributed by atoms with Crippen molar-refractivity contribution in [3.05, 3.63) is 29.3 Å². The molecule has 0 aliphatic carbocycles. The SMILES string of the molecule is Cc1ccc(NC(=O)CSCC(=O)NN(C)C)c(C)c1. The van der Waals surface area contributed by atoms with E-state index < -0.39 is 0 Å². The standard InChI is InChI=1S/C14H21N3O2S/c1-10-5-6-12(11(2)7-10)15-13(18)8-20-9-14(19)16-17(3)4/h5-7H,8-9H2,1-4H3,(H,15,18)(H,16,19). The van der Waals surface area contributed by atoms with E-state index >= 15 is 0 Å². The van der Waals surface area contributed by atoms with Crippen molar-refractivity contribution in [2.24, 2.45) is 0 Å². The summed E-state index contributed by atoms with van der Waals surface area (Å²) < 4.78 is 0. The molecule has 0 spiro atoms. The average molecular weight is 295 g/mol. The predicted molar refractivity (Wildman–Crippen MR) is 83.7 cm³/mol. The van der Waals surface area contributed by atoms with Gasteiger partial charge in [-0.05, 0) is 25.5 Å². The van der Waals surface area contributed by atoms with Crippen LogP contribution in [-0.4, -0.2) is 42.4 Å². The molecule has 0 atom stereocenters. The summed E-state index contributed by atoms with van der Waals surface area (Å²) in [5.74, 6) is 0.311. The molecule has 1 aromatic carbocycles. The molecule has 0 bridgehead atoms. The van der Waals surface area contributed by atoms with E-state index in [1.165, 1.54) is 11.8 Å². The number of amides is 2. The quantitative estimate of drug-likeness (QED) is 0.782. The van der Waals surface area contributed by atoms with E-state index in [4.69, 9.17) is 0 Å². The molecule has 2 N–H and O–H groups in total. The number of hydrogen-bond acceptors (Lipinski definition) is 4. The molecule has 5 nitrogen and oxygen atoms in total. The molecule has 0 unspecified atom stereocenters. The highest BCUT2D eigenvalue weighted by atomic mass is 32.2. The second kappa shape index (κ2) is 7.91. The fourth-order valence-electron chi connectivity index (χ4n) is 1.66. The molecule has 0 saturated heterocycles. The Morgan fingerprint density at radius 2 is 1.80 bits per heavy atom. The maximum absolute atomic E-state index is 11.8. The number of rotatable bonds is 6. The lowest BCUT2D eigenvalue weighted by Crippen LogP contribution is -2.37. The Morgan fingerprint density at radius 1 is 1.15 bits per heavy atom. The van der Waals surface area contributed by atoms with Gasteiger partial charge in [0, 0.05) is 19.8 Å². The van der Waals surface area contributed by atoms with Crippen molar-refractivity contribution in [1.82, 2.24) is 10.4 Å². The van der Waals surface area contributed by atoms with Gasteiger partial charge in [0.25, 0.3) is 0 Å². The zero-order valence-corrected chi connectivity index (χ0v) is 13.1. The second-order valence-electron chi connectivity index (χ2n) is 4.79. The minimum absolute atomic E-state index is 0.0976. The largest absolute Gasteiger partial charge is 0.325 e. The Labute approximate surface area is 124 Å². The van der Waals surface area contributed by atoms with Gasteiger partial charge in [-0.25, -0.2) is 5.01 Å². The van der Waals surface area contributed by atoms with Gasteiger partial charge in [0.2, 0.25) is 11.8 Å². The number of nitrogens with zero attached hydrogens (tertiary/aromatic N) is 1. The molecule has 0 aliphatic rings. The number of benzene rings is 1. The van der Waals surface area contributed by atoms with Gasteiger partial charge in [0.1, 0.15) is 0 Å². The van der Waals surface area contributed by atoms with E-state index in [9.17, 15) is 9.59 Å². The Balaban J connectivity index is 2.35. The number of nitrogens with one attached hydrogen (secondary N) is 2. The van der Waals surface area contributed by atoms with Crippen LogP contribution in [-0.2, 0) is 9.59 Å². The van der Waals surface area contributed by atoms with Gasteiger partial charge >= 0.3 is 0 Å². The first kappa shape index (κ1) is 16.5. The third-order valence-corrected chi connectivity index (χ3v) is 3.40. The first-order chi connectivity index (χ1) is 9.38. The van der Waals surface area contributed by atoms with Gasteiger partial charge in [-0.1, -0.05) is 17.7 Å². The van der Waals surface area contributed by atoms with Crippen molar-refractivity contribution in [1.29, 1.82) is 0 Å². The smallest absolute Gasteiger partial charge is 0.244 e. The fraction of sp³-hybridized carbons (Fsp3) is 0.429. The zero-order valence-electron chi connectivity index (χ0n) is 12.3. The number of aryl methyl sites for hydroxylation is 2. The van der Waals surface area contributed by atoms with Crippen molar-refractivity contribution in [2.75, 3.05) is 30.9 Å². The summed E-state index contributed by atoms with van der Waals surface area (Å²) in [6.45, 7) is 3.97. The summed E-state index contributed by atoms with van der Waals surface area (Å²) in [6.07, 6.45) is 0. The third-order valence-electron chi connectivity index (χ3n) is 2.47. The lowest BCUT2D eigenvalue weighted by molar-refractivity contribution is -0.122. The van der Waals surface area contributed by atoms with Crippen LogP contribution in [0.25, 0.3) is 0 Å². The molecular formula is C14H21N3O2S. The average Bonchev–Trinajstić information content (AvgIpc) is 2.31. The molecule has 2 amide bonds. The lowest BCUT2D eigenvalue weighted by atomic mass is 10.1. The van der Waals surface area contributed by atoms with Crippen LogP contribution in [0.2, 0.25) is 0 Å². The summed E-state index contributed by atoms with van der Waals surface area (Å²) >= 11 is 1.29. The van der Waals surface area contributed by atoms with Crippen LogP contribution in [0.1, 0.15) is 11.1 Å². The first-order valence-electron chi connectivity index (χ1n) is 6.30. The molecule has 110 valence electrons. The summed E-state index contributed by atoms with van der Waals surface area (Å²) in [5, 5.41) is 4.43. The Bertz CT molecular complexity index is 489. The van der Waals surface area contributed by atoms with Crippen molar-refractivity contribution in [3.8, 4) is 0 Å². The number of hydrazine groups is 1. The van der Waals surface area contributed by atoms with Crippen molar-refractivity contribution in [3.63, 3.8) is 0 Å².